The fourth-order valence-corrected chi connectivity index (χ4v) is 3.23. The number of aromatic nitrogens is 2. The molecule has 0 aliphatic carbocycles. The van der Waals surface area contributed by atoms with Gasteiger partial charge in [-0.3, -0.25) is 4.79 Å². The zero-order chi connectivity index (χ0) is 19.2. The first-order valence-corrected chi connectivity index (χ1v) is 9.37. The number of rotatable bonds is 9. The number of nitrogens with two attached hydrogens (primary N) is 1. The lowest BCUT2D eigenvalue weighted by molar-refractivity contribution is 0.100. The van der Waals surface area contributed by atoms with Gasteiger partial charge in [0.15, 0.2) is 0 Å². The van der Waals surface area contributed by atoms with Gasteiger partial charge in [0.2, 0.25) is 5.91 Å². The van der Waals surface area contributed by atoms with Crippen LogP contribution >= 0.6 is 11.3 Å². The van der Waals surface area contributed by atoms with E-state index in [4.69, 9.17) is 10.2 Å². The van der Waals surface area contributed by atoms with Crippen molar-refractivity contribution in [2.75, 3.05) is 37.8 Å². The molecule has 2 aromatic heterocycles. The molecule has 4 N–H and O–H groups in total. The van der Waals surface area contributed by atoms with E-state index in [1.165, 1.54) is 11.3 Å². The van der Waals surface area contributed by atoms with Crippen LogP contribution in [0.4, 0.5) is 17.4 Å². The minimum absolute atomic E-state index is 0.281. The van der Waals surface area contributed by atoms with Crippen molar-refractivity contribution in [2.24, 2.45) is 5.73 Å². The molecular weight excluding hydrogens is 364 g/mol. The maximum Gasteiger partial charge on any atom is 0.320 e. The van der Waals surface area contributed by atoms with Crippen molar-refractivity contribution in [3.63, 3.8) is 0 Å². The zero-order valence-corrected chi connectivity index (χ0v) is 16.0. The molecule has 0 aliphatic heterocycles. The third-order valence-corrected chi connectivity index (χ3v) is 4.66. The Morgan fingerprint density at radius 2 is 2.07 bits per heavy atom. The number of nitrogens with zero attached hydrogens (tertiary/aromatic N) is 3. The Bertz CT molecular complexity index is 905. The molecule has 0 atom stereocenters. The van der Waals surface area contributed by atoms with Gasteiger partial charge in [0.25, 0.3) is 5.89 Å². The first-order chi connectivity index (χ1) is 13.0. The molecule has 27 heavy (non-hydrogen) atoms. The van der Waals surface area contributed by atoms with Gasteiger partial charge in [-0.1, -0.05) is 11.2 Å². The van der Waals surface area contributed by atoms with Crippen LogP contribution in [0.3, 0.4) is 0 Å². The zero-order valence-electron chi connectivity index (χ0n) is 15.2. The average molecular weight is 386 g/mol. The largest absolute Gasteiger partial charge is 0.402 e. The predicted octanol–water partition coefficient (Wildman–Crippen LogP) is 3.00. The van der Waals surface area contributed by atoms with E-state index in [9.17, 15) is 4.79 Å². The van der Waals surface area contributed by atoms with Crippen molar-refractivity contribution < 1.29 is 9.21 Å². The van der Waals surface area contributed by atoms with E-state index in [-0.39, 0.29) is 6.01 Å². The molecule has 0 fully saturated rings. The highest BCUT2D eigenvalue weighted by molar-refractivity contribution is 7.13. The fourth-order valence-electron chi connectivity index (χ4n) is 2.41. The highest BCUT2D eigenvalue weighted by Crippen LogP contribution is 2.28. The smallest absolute Gasteiger partial charge is 0.320 e. The molecule has 0 unspecified atom stereocenters. The number of thiophene rings is 1. The van der Waals surface area contributed by atoms with Crippen LogP contribution in [0.1, 0.15) is 16.8 Å². The summed E-state index contributed by atoms with van der Waals surface area (Å²) in [6.45, 7) is 1.93. The molecule has 0 bridgehead atoms. The number of hydrogen-bond acceptors (Lipinski definition) is 8. The van der Waals surface area contributed by atoms with Gasteiger partial charge < -0.3 is 25.7 Å². The number of hydrogen-bond donors (Lipinski definition) is 3. The molecule has 1 amide bonds. The van der Waals surface area contributed by atoms with Gasteiger partial charge in [0.1, 0.15) is 0 Å². The van der Waals surface area contributed by atoms with Crippen LogP contribution in [0.25, 0.3) is 10.8 Å². The van der Waals surface area contributed by atoms with E-state index in [0.717, 1.165) is 30.9 Å². The number of amides is 1. The SMILES string of the molecule is CN(C)CCCNc1cccc(Nc2nnc(-c3cc(C(N)=O)cs3)o2)c1. The summed E-state index contributed by atoms with van der Waals surface area (Å²) < 4.78 is 5.63. The number of nitrogens with one attached hydrogen (secondary N) is 2. The molecule has 2 heterocycles. The van der Waals surface area contributed by atoms with Crippen LogP contribution in [-0.2, 0) is 0 Å². The van der Waals surface area contributed by atoms with E-state index in [1.807, 2.05) is 24.3 Å². The highest BCUT2D eigenvalue weighted by atomic mass is 32.1. The van der Waals surface area contributed by atoms with Gasteiger partial charge in [-0.25, -0.2) is 0 Å². The topological polar surface area (TPSA) is 109 Å². The van der Waals surface area contributed by atoms with Gasteiger partial charge in [-0.05, 0) is 51.3 Å². The van der Waals surface area contributed by atoms with Crippen LogP contribution in [0.5, 0.6) is 0 Å². The number of primary amides is 1. The summed E-state index contributed by atoms with van der Waals surface area (Å²) in [6.07, 6.45) is 1.06. The molecular formula is C18H22N6O2S. The van der Waals surface area contributed by atoms with Gasteiger partial charge >= 0.3 is 6.01 Å². The van der Waals surface area contributed by atoms with Crippen molar-refractivity contribution in [2.45, 2.75) is 6.42 Å². The van der Waals surface area contributed by atoms with E-state index >= 15 is 0 Å². The third kappa shape index (κ3) is 5.28. The number of carbonyl (C=O) groups is 1. The summed E-state index contributed by atoms with van der Waals surface area (Å²) >= 11 is 1.33. The number of anilines is 3. The molecule has 8 nitrogen and oxygen atoms in total. The summed E-state index contributed by atoms with van der Waals surface area (Å²) in [4.78, 5) is 14.0. The minimum atomic E-state index is -0.481. The van der Waals surface area contributed by atoms with Crippen molar-refractivity contribution in [3.05, 3.63) is 41.3 Å². The third-order valence-electron chi connectivity index (χ3n) is 3.74. The van der Waals surface area contributed by atoms with Crippen molar-refractivity contribution >= 4 is 34.6 Å². The predicted molar refractivity (Wildman–Crippen MR) is 108 cm³/mol. The van der Waals surface area contributed by atoms with Crippen LogP contribution in [-0.4, -0.2) is 48.2 Å². The second-order valence-corrected chi connectivity index (χ2v) is 7.18. The highest BCUT2D eigenvalue weighted by Gasteiger charge is 2.13. The average Bonchev–Trinajstić information content (AvgIpc) is 3.28. The molecule has 142 valence electrons. The van der Waals surface area contributed by atoms with Gasteiger partial charge in [-0.2, -0.15) is 0 Å². The Morgan fingerprint density at radius 3 is 2.81 bits per heavy atom. The maximum absolute atomic E-state index is 11.2. The lowest BCUT2D eigenvalue weighted by atomic mass is 10.2. The molecule has 0 aliphatic rings. The lowest BCUT2D eigenvalue weighted by Crippen LogP contribution is -2.16. The van der Waals surface area contributed by atoms with E-state index < -0.39 is 5.91 Å². The summed E-state index contributed by atoms with van der Waals surface area (Å²) in [5.41, 5.74) is 7.55. The summed E-state index contributed by atoms with van der Waals surface area (Å²) in [6, 6.07) is 9.79. The molecule has 9 heteroatoms. The minimum Gasteiger partial charge on any atom is -0.402 e. The van der Waals surface area contributed by atoms with Gasteiger partial charge in [0.05, 0.1) is 10.4 Å². The van der Waals surface area contributed by atoms with Crippen LogP contribution < -0.4 is 16.4 Å². The van der Waals surface area contributed by atoms with Crippen molar-refractivity contribution in [1.29, 1.82) is 0 Å². The molecule has 0 saturated carbocycles. The maximum atomic E-state index is 11.2. The Hall–Kier alpha value is -2.91. The normalized spacial score (nSPS) is 10.9. The van der Waals surface area contributed by atoms with Crippen LogP contribution in [0, 0.1) is 0 Å². The summed E-state index contributed by atoms with van der Waals surface area (Å²) in [5, 5.41) is 16.2. The Morgan fingerprint density at radius 1 is 1.26 bits per heavy atom. The van der Waals surface area contributed by atoms with Crippen molar-refractivity contribution in [1.82, 2.24) is 15.1 Å². The monoisotopic (exact) mass is 386 g/mol. The fraction of sp³-hybridized carbons (Fsp3) is 0.278. The first-order valence-electron chi connectivity index (χ1n) is 8.49. The Balaban J connectivity index is 1.61. The second kappa shape index (κ2) is 8.65. The molecule has 0 spiro atoms. The van der Waals surface area contributed by atoms with Crippen LogP contribution in [0.15, 0.2) is 40.1 Å². The molecule has 1 aromatic carbocycles. The first kappa shape index (κ1) is 18.9. The molecule has 0 radical (unpaired) electrons. The van der Waals surface area contributed by atoms with E-state index in [2.05, 4.69) is 39.8 Å². The van der Waals surface area contributed by atoms with Gasteiger partial charge in [-0.15, -0.1) is 16.4 Å². The van der Waals surface area contributed by atoms with E-state index in [1.54, 1.807) is 11.4 Å². The Labute approximate surface area is 161 Å². The second-order valence-electron chi connectivity index (χ2n) is 6.27. The summed E-state index contributed by atoms with van der Waals surface area (Å²) in [5.74, 6) is -0.141. The molecule has 3 aromatic rings. The quantitative estimate of drug-likeness (QED) is 0.485. The Kier molecular flexibility index (Phi) is 6.05. The molecule has 3 rings (SSSR count). The summed E-state index contributed by atoms with van der Waals surface area (Å²) in [7, 11) is 4.13. The number of carbonyl (C=O) groups excluding carboxylic acids is 1. The van der Waals surface area contributed by atoms with Crippen molar-refractivity contribution in [3.8, 4) is 10.8 Å². The lowest BCUT2D eigenvalue weighted by Gasteiger charge is -2.11. The van der Waals surface area contributed by atoms with Crippen LogP contribution in [0.2, 0.25) is 0 Å². The van der Waals surface area contributed by atoms with Gasteiger partial charge in [0, 0.05) is 23.3 Å². The number of benzene rings is 1. The molecule has 0 saturated heterocycles. The standard InChI is InChI=1S/C18H22N6O2S/c1-24(2)8-4-7-20-13-5-3-6-14(10-13)21-18-23-22-17(26-18)15-9-12(11-27-15)16(19)25/h3,5-6,9-11,20H,4,7-8H2,1-2H3,(H2,19,25)(H,21,23). The van der Waals surface area contributed by atoms with E-state index in [0.29, 0.717) is 16.3 Å².